The molecule has 3 aromatic heterocycles. The van der Waals surface area contributed by atoms with E-state index >= 15 is 0 Å². The Morgan fingerprint density at radius 2 is 1.21 bits per heavy atom. The molecule has 0 amide bonds. The number of rotatable bonds is 3. The molecule has 9 aromatic rings. The molecule has 2 nitrogen and oxygen atoms in total. The minimum atomic E-state index is -0.0340. The fourth-order valence-corrected chi connectivity index (χ4v) is 8.98. The summed E-state index contributed by atoms with van der Waals surface area (Å²) in [7, 11) is 0. The number of pyridine rings is 1. The molecule has 6 aromatic carbocycles. The van der Waals surface area contributed by atoms with Gasteiger partial charge in [-0.05, 0) is 69.3 Å². The summed E-state index contributed by atoms with van der Waals surface area (Å²) in [5.41, 5.74) is 13.7. The molecule has 0 bridgehead atoms. The van der Waals surface area contributed by atoms with E-state index in [1.165, 1.54) is 53.6 Å². The fourth-order valence-electron chi connectivity index (χ4n) is 7.76. The Morgan fingerprint density at radius 3 is 2.15 bits per heavy atom. The molecule has 222 valence electrons. The number of para-hydroxylation sites is 1. The number of hydrogen-bond donors (Lipinski definition) is 0. The lowest BCUT2D eigenvalue weighted by molar-refractivity contribution is 0.655. The minimum absolute atomic E-state index is 0.0340. The molecule has 0 spiro atoms. The van der Waals surface area contributed by atoms with Crippen LogP contribution >= 0.6 is 11.3 Å². The van der Waals surface area contributed by atoms with Gasteiger partial charge >= 0.3 is 0 Å². The van der Waals surface area contributed by atoms with E-state index in [2.05, 4.69) is 153 Å². The third-order valence-corrected chi connectivity index (χ3v) is 11.4. The van der Waals surface area contributed by atoms with Crippen LogP contribution in [0.4, 0.5) is 0 Å². The van der Waals surface area contributed by atoms with E-state index in [1.54, 1.807) is 0 Å². The average Bonchev–Trinajstić information content (AvgIpc) is 3.76. The first-order valence-corrected chi connectivity index (χ1v) is 16.9. The zero-order valence-electron chi connectivity index (χ0n) is 26.0. The second-order valence-corrected chi connectivity index (χ2v) is 14.2. The normalized spacial score (nSPS) is 13.5. The second kappa shape index (κ2) is 9.75. The number of thiophene rings is 1. The van der Waals surface area contributed by atoms with Crippen molar-refractivity contribution in [1.29, 1.82) is 0 Å². The first-order valence-electron chi connectivity index (χ1n) is 16.1. The summed E-state index contributed by atoms with van der Waals surface area (Å²) in [5.74, 6) is 0. The molecule has 47 heavy (non-hydrogen) atoms. The number of nitrogens with zero attached hydrogens (tertiary/aromatic N) is 1. The minimum Gasteiger partial charge on any atom is -0.437 e. The maximum atomic E-state index is 6.63. The molecule has 0 N–H and O–H groups in total. The van der Waals surface area contributed by atoms with Gasteiger partial charge in [-0.15, -0.1) is 11.3 Å². The highest BCUT2D eigenvalue weighted by Crippen LogP contribution is 2.50. The molecule has 0 saturated heterocycles. The zero-order chi connectivity index (χ0) is 31.3. The van der Waals surface area contributed by atoms with Gasteiger partial charge in [-0.1, -0.05) is 123 Å². The van der Waals surface area contributed by atoms with Gasteiger partial charge in [0.2, 0.25) is 5.71 Å². The predicted molar refractivity (Wildman–Crippen MR) is 198 cm³/mol. The van der Waals surface area contributed by atoms with Gasteiger partial charge in [0, 0.05) is 47.5 Å². The monoisotopic (exact) mass is 619 g/mol. The SMILES string of the molecule is CC1(C)c2ccccc2-c2ccc(-c3cccc(-c4cccc5c4oc4nc(-c6cccc7c6sc6ccccc67)ccc45)c3)cc21. The van der Waals surface area contributed by atoms with E-state index in [0.29, 0.717) is 5.71 Å². The highest BCUT2D eigenvalue weighted by atomic mass is 32.1. The van der Waals surface area contributed by atoms with Crippen LogP contribution in [-0.2, 0) is 5.41 Å². The summed E-state index contributed by atoms with van der Waals surface area (Å²) in [6, 6.07) is 50.5. The Labute approximate surface area is 276 Å². The van der Waals surface area contributed by atoms with Crippen molar-refractivity contribution in [1.82, 2.24) is 4.98 Å². The largest absolute Gasteiger partial charge is 0.437 e. The van der Waals surface area contributed by atoms with Crippen LogP contribution in [0, 0.1) is 0 Å². The highest BCUT2D eigenvalue weighted by Gasteiger charge is 2.35. The lowest BCUT2D eigenvalue weighted by Gasteiger charge is -2.22. The smallest absolute Gasteiger partial charge is 0.227 e. The first kappa shape index (κ1) is 26.7. The van der Waals surface area contributed by atoms with Crippen molar-refractivity contribution in [3.05, 3.63) is 151 Å². The molecule has 10 rings (SSSR count). The highest BCUT2D eigenvalue weighted by molar-refractivity contribution is 7.26. The van der Waals surface area contributed by atoms with Gasteiger partial charge in [0.15, 0.2) is 0 Å². The van der Waals surface area contributed by atoms with Gasteiger partial charge in [0.05, 0.1) is 5.69 Å². The van der Waals surface area contributed by atoms with Crippen molar-refractivity contribution >= 4 is 53.6 Å². The maximum Gasteiger partial charge on any atom is 0.227 e. The molecule has 3 heteroatoms. The van der Waals surface area contributed by atoms with E-state index in [-0.39, 0.29) is 5.41 Å². The van der Waals surface area contributed by atoms with Crippen LogP contribution in [0.25, 0.3) is 86.9 Å². The maximum absolute atomic E-state index is 6.63. The number of aromatic nitrogens is 1. The molecule has 0 aliphatic heterocycles. The molecule has 1 aliphatic rings. The Morgan fingerprint density at radius 1 is 0.511 bits per heavy atom. The number of hydrogen-bond acceptors (Lipinski definition) is 3. The van der Waals surface area contributed by atoms with Crippen molar-refractivity contribution in [2.24, 2.45) is 0 Å². The van der Waals surface area contributed by atoms with Crippen LogP contribution in [0.5, 0.6) is 0 Å². The number of fused-ring (bicyclic) bond motifs is 9. The van der Waals surface area contributed by atoms with E-state index in [9.17, 15) is 0 Å². The molecular formula is C44H29NOS. The van der Waals surface area contributed by atoms with E-state index in [0.717, 1.165) is 38.7 Å². The van der Waals surface area contributed by atoms with Crippen LogP contribution < -0.4 is 0 Å². The van der Waals surface area contributed by atoms with Crippen molar-refractivity contribution in [2.75, 3.05) is 0 Å². The summed E-state index contributed by atoms with van der Waals surface area (Å²) >= 11 is 1.83. The van der Waals surface area contributed by atoms with Crippen LogP contribution in [0.15, 0.2) is 144 Å². The van der Waals surface area contributed by atoms with Gasteiger partial charge in [-0.2, -0.15) is 0 Å². The van der Waals surface area contributed by atoms with E-state index in [4.69, 9.17) is 9.40 Å². The predicted octanol–water partition coefficient (Wildman–Crippen LogP) is 12.7. The molecule has 3 heterocycles. The zero-order valence-corrected chi connectivity index (χ0v) is 26.9. The van der Waals surface area contributed by atoms with Gasteiger partial charge in [0.25, 0.3) is 0 Å². The number of furan rings is 1. The Kier molecular flexibility index (Phi) is 5.53. The lowest BCUT2D eigenvalue weighted by atomic mass is 9.81. The molecule has 0 saturated carbocycles. The summed E-state index contributed by atoms with van der Waals surface area (Å²) in [4.78, 5) is 5.11. The van der Waals surface area contributed by atoms with Crippen LogP contribution in [0.3, 0.4) is 0 Å². The standard InChI is InChI=1S/C44H29NOS/c1-44(2)37-18-5-3-12-30(37)31-21-20-27(25-38(31)44)26-10-7-11-28(24-26)29-14-8-15-33-35-22-23-39(45-43(35)46-41(29)33)36-17-9-16-34-32-13-4-6-19-40(32)47-42(34)36/h3-25H,1-2H3. The summed E-state index contributed by atoms with van der Waals surface area (Å²) in [6.45, 7) is 4.67. The molecule has 0 radical (unpaired) electrons. The summed E-state index contributed by atoms with van der Waals surface area (Å²) in [6.07, 6.45) is 0. The fraction of sp³-hybridized carbons (Fsp3) is 0.0682. The molecule has 0 atom stereocenters. The van der Waals surface area contributed by atoms with Crippen molar-refractivity contribution in [3.8, 4) is 44.6 Å². The Balaban J connectivity index is 1.07. The first-order chi connectivity index (χ1) is 23.0. The molecule has 0 unspecified atom stereocenters. The topological polar surface area (TPSA) is 26.0 Å². The number of benzene rings is 6. The lowest BCUT2D eigenvalue weighted by Crippen LogP contribution is -2.14. The third-order valence-electron chi connectivity index (χ3n) is 10.1. The van der Waals surface area contributed by atoms with Gasteiger partial charge in [-0.3, -0.25) is 0 Å². The van der Waals surface area contributed by atoms with Gasteiger partial charge < -0.3 is 4.42 Å². The van der Waals surface area contributed by atoms with Gasteiger partial charge in [-0.25, -0.2) is 4.98 Å². The van der Waals surface area contributed by atoms with Crippen LogP contribution in [0.1, 0.15) is 25.0 Å². The van der Waals surface area contributed by atoms with Crippen molar-refractivity contribution in [2.45, 2.75) is 19.3 Å². The van der Waals surface area contributed by atoms with Crippen molar-refractivity contribution in [3.63, 3.8) is 0 Å². The quantitative estimate of drug-likeness (QED) is 0.197. The van der Waals surface area contributed by atoms with Crippen molar-refractivity contribution < 1.29 is 4.42 Å². The van der Waals surface area contributed by atoms with Crippen LogP contribution in [-0.4, -0.2) is 4.98 Å². The molecule has 0 fully saturated rings. The average molecular weight is 620 g/mol. The molecule has 1 aliphatic carbocycles. The van der Waals surface area contributed by atoms with Crippen LogP contribution in [0.2, 0.25) is 0 Å². The second-order valence-electron chi connectivity index (χ2n) is 13.1. The van der Waals surface area contributed by atoms with E-state index < -0.39 is 0 Å². The van der Waals surface area contributed by atoms with Gasteiger partial charge in [0.1, 0.15) is 5.58 Å². The summed E-state index contributed by atoms with van der Waals surface area (Å²) < 4.78 is 9.18. The Bertz CT molecular complexity index is 2730. The molecular weight excluding hydrogens is 591 g/mol. The van der Waals surface area contributed by atoms with E-state index in [1.807, 2.05) is 11.3 Å². The third kappa shape index (κ3) is 3.87. The summed E-state index contributed by atoms with van der Waals surface area (Å²) in [5, 5.41) is 4.68. The Hall–Kier alpha value is -5.51.